The first-order chi connectivity index (χ1) is 8.29. The molecule has 1 rings (SSSR count). The van der Waals surface area contributed by atoms with Crippen LogP contribution >= 0.6 is 0 Å². The van der Waals surface area contributed by atoms with Crippen LogP contribution in [0.3, 0.4) is 0 Å². The molecule has 98 valence electrons. The first kappa shape index (κ1) is 18.1. The summed E-state index contributed by atoms with van der Waals surface area (Å²) in [5, 5.41) is 17.5. The number of nitrogens with two attached hydrogens (primary N) is 1. The van der Waals surface area contributed by atoms with Gasteiger partial charge in [0.25, 0.3) is 0 Å². The van der Waals surface area contributed by atoms with Crippen molar-refractivity contribution in [1.29, 1.82) is 0 Å². The number of carboxylic acids is 1. The molecule has 1 aromatic rings. The predicted octanol–water partition coefficient (Wildman–Crippen LogP) is -4.19. The summed E-state index contributed by atoms with van der Waals surface area (Å²) in [5.41, 5.74) is 0.353. The molecule has 7 nitrogen and oxygen atoms in total. The fourth-order valence-electron chi connectivity index (χ4n) is 1.17. The zero-order valence-electron chi connectivity index (χ0n) is 10.3. The van der Waals surface area contributed by atoms with Crippen molar-refractivity contribution in [3.05, 3.63) is 24.3 Å². The Balaban J connectivity index is 0.00000324. The zero-order chi connectivity index (χ0) is 13.8. The Kier molecular flexibility index (Phi) is 7.24. The average Bonchev–Trinajstić information content (AvgIpc) is 2.26. The van der Waals surface area contributed by atoms with E-state index in [1.807, 2.05) is 0 Å². The zero-order valence-corrected chi connectivity index (χ0v) is 13.1. The Morgan fingerprint density at radius 2 is 1.68 bits per heavy atom. The standard InChI is InChI=1S/C10H12N2O5S.Na/c11-18(16,17)8-3-1-7(2-4-8)12-9(13)5-6-10(14)15;/h1-4H,5-6H2,(H,12,13)(H,14,15)(H2,11,16,17);/q;+1/p-1. The first-order valence-electron chi connectivity index (χ1n) is 4.91. The monoisotopic (exact) mass is 294 g/mol. The van der Waals surface area contributed by atoms with Gasteiger partial charge >= 0.3 is 29.6 Å². The van der Waals surface area contributed by atoms with Crippen molar-refractivity contribution in [3.63, 3.8) is 0 Å². The number of carbonyl (C=O) groups excluding carboxylic acids is 2. The number of primary sulfonamides is 1. The summed E-state index contributed by atoms with van der Waals surface area (Å²) in [6.45, 7) is 0. The van der Waals surface area contributed by atoms with Gasteiger partial charge in [0.2, 0.25) is 15.9 Å². The van der Waals surface area contributed by atoms with E-state index in [1.54, 1.807) is 0 Å². The molecule has 0 saturated heterocycles. The normalized spacial score (nSPS) is 10.4. The number of amides is 1. The van der Waals surface area contributed by atoms with Crippen LogP contribution in [-0.2, 0) is 19.6 Å². The van der Waals surface area contributed by atoms with Crippen molar-refractivity contribution in [3.8, 4) is 0 Å². The van der Waals surface area contributed by atoms with Crippen LogP contribution in [0.15, 0.2) is 29.2 Å². The molecule has 19 heavy (non-hydrogen) atoms. The molecule has 0 aromatic heterocycles. The number of hydrogen-bond acceptors (Lipinski definition) is 5. The summed E-state index contributed by atoms with van der Waals surface area (Å²) >= 11 is 0. The van der Waals surface area contributed by atoms with Gasteiger partial charge in [0.15, 0.2) is 0 Å². The van der Waals surface area contributed by atoms with E-state index in [4.69, 9.17) is 5.14 Å². The number of rotatable bonds is 5. The molecule has 0 aliphatic carbocycles. The van der Waals surface area contributed by atoms with Crippen LogP contribution in [0.4, 0.5) is 5.69 Å². The second-order valence-electron chi connectivity index (χ2n) is 3.49. The molecule has 9 heteroatoms. The summed E-state index contributed by atoms with van der Waals surface area (Å²) in [6, 6.07) is 5.20. The summed E-state index contributed by atoms with van der Waals surface area (Å²) in [5.74, 6) is -1.81. The van der Waals surface area contributed by atoms with E-state index in [9.17, 15) is 23.1 Å². The van der Waals surface area contributed by atoms with Crippen LogP contribution in [-0.4, -0.2) is 20.3 Å². The second kappa shape index (κ2) is 7.61. The molecular formula is C10H11N2NaO5S. The summed E-state index contributed by atoms with van der Waals surface area (Å²) in [6.07, 6.45) is -0.583. The summed E-state index contributed by atoms with van der Waals surface area (Å²) in [7, 11) is -3.77. The van der Waals surface area contributed by atoms with Gasteiger partial charge in [-0.05, 0) is 30.7 Å². The maximum Gasteiger partial charge on any atom is 1.00 e. The Morgan fingerprint density at radius 1 is 1.16 bits per heavy atom. The van der Waals surface area contributed by atoms with Crippen molar-refractivity contribution in [2.24, 2.45) is 5.14 Å². The molecule has 0 unspecified atom stereocenters. The number of carbonyl (C=O) groups is 2. The molecule has 0 spiro atoms. The maximum atomic E-state index is 11.3. The van der Waals surface area contributed by atoms with E-state index >= 15 is 0 Å². The first-order valence-corrected chi connectivity index (χ1v) is 6.46. The van der Waals surface area contributed by atoms with Gasteiger partial charge in [-0.2, -0.15) is 0 Å². The van der Waals surface area contributed by atoms with Crippen molar-refractivity contribution in [1.82, 2.24) is 0 Å². The van der Waals surface area contributed by atoms with Crippen LogP contribution in [0.1, 0.15) is 12.8 Å². The van der Waals surface area contributed by atoms with Gasteiger partial charge in [0.1, 0.15) is 0 Å². The van der Waals surface area contributed by atoms with Crippen LogP contribution < -0.4 is 45.1 Å². The van der Waals surface area contributed by atoms with Gasteiger partial charge in [-0.1, -0.05) is 0 Å². The van der Waals surface area contributed by atoms with Crippen LogP contribution in [0.5, 0.6) is 0 Å². The van der Waals surface area contributed by atoms with Gasteiger partial charge in [-0.3, -0.25) is 4.79 Å². The minimum absolute atomic E-state index is 0. The third-order valence-electron chi connectivity index (χ3n) is 2.02. The van der Waals surface area contributed by atoms with E-state index in [1.165, 1.54) is 24.3 Å². The Morgan fingerprint density at radius 3 is 2.11 bits per heavy atom. The average molecular weight is 294 g/mol. The maximum absolute atomic E-state index is 11.3. The van der Waals surface area contributed by atoms with Crippen LogP contribution in [0.2, 0.25) is 0 Å². The van der Waals surface area contributed by atoms with Gasteiger partial charge in [0.05, 0.1) is 4.90 Å². The van der Waals surface area contributed by atoms with Gasteiger partial charge < -0.3 is 15.2 Å². The summed E-state index contributed by atoms with van der Waals surface area (Å²) < 4.78 is 21.9. The summed E-state index contributed by atoms with van der Waals surface area (Å²) in [4.78, 5) is 21.3. The number of anilines is 1. The van der Waals surface area contributed by atoms with E-state index < -0.39 is 21.9 Å². The van der Waals surface area contributed by atoms with E-state index in [-0.39, 0.29) is 47.3 Å². The Labute approximate surface area is 132 Å². The molecule has 0 radical (unpaired) electrons. The molecule has 0 aliphatic rings. The minimum Gasteiger partial charge on any atom is -0.550 e. The largest absolute Gasteiger partial charge is 1.00 e. The van der Waals surface area contributed by atoms with Gasteiger partial charge in [-0.25, -0.2) is 13.6 Å². The quantitative estimate of drug-likeness (QED) is 0.532. The van der Waals surface area contributed by atoms with Crippen molar-refractivity contribution < 1.29 is 52.7 Å². The molecule has 0 bridgehead atoms. The SMILES string of the molecule is NS(=O)(=O)c1ccc(NC(=O)CCC(=O)[O-])cc1.[Na+]. The van der Waals surface area contributed by atoms with Crippen LogP contribution in [0, 0.1) is 0 Å². The molecule has 0 aliphatic heterocycles. The van der Waals surface area contributed by atoms with Crippen molar-refractivity contribution >= 4 is 27.6 Å². The molecule has 0 atom stereocenters. The third kappa shape index (κ3) is 6.69. The predicted molar refractivity (Wildman–Crippen MR) is 60.7 cm³/mol. The molecule has 0 saturated carbocycles. The molecule has 0 fully saturated rings. The molecular weight excluding hydrogens is 283 g/mol. The number of aliphatic carboxylic acids is 1. The van der Waals surface area contributed by atoms with Gasteiger partial charge in [0, 0.05) is 18.1 Å². The fraction of sp³-hybridized carbons (Fsp3) is 0.200. The number of sulfonamides is 1. The number of carboxylic acid groups (broad SMARTS) is 1. The smallest absolute Gasteiger partial charge is 0.550 e. The van der Waals surface area contributed by atoms with E-state index in [2.05, 4.69) is 5.32 Å². The van der Waals surface area contributed by atoms with E-state index in [0.717, 1.165) is 0 Å². The van der Waals surface area contributed by atoms with E-state index in [0.29, 0.717) is 5.69 Å². The van der Waals surface area contributed by atoms with Crippen LogP contribution in [0.25, 0.3) is 0 Å². The Hall–Kier alpha value is -0.930. The van der Waals surface area contributed by atoms with Crippen molar-refractivity contribution in [2.45, 2.75) is 17.7 Å². The number of hydrogen-bond donors (Lipinski definition) is 2. The molecule has 1 aromatic carbocycles. The minimum atomic E-state index is -3.77. The number of nitrogens with one attached hydrogen (secondary N) is 1. The topological polar surface area (TPSA) is 129 Å². The van der Waals surface area contributed by atoms with Crippen molar-refractivity contribution in [2.75, 3.05) is 5.32 Å². The molecule has 3 N–H and O–H groups in total. The molecule has 1 amide bonds. The Bertz CT molecular complexity index is 556. The second-order valence-corrected chi connectivity index (χ2v) is 5.05. The third-order valence-corrected chi connectivity index (χ3v) is 2.95. The fourth-order valence-corrected chi connectivity index (χ4v) is 1.68. The number of benzene rings is 1. The molecule has 0 heterocycles. The van der Waals surface area contributed by atoms with Gasteiger partial charge in [-0.15, -0.1) is 0 Å².